The molecule has 0 amide bonds. The summed E-state index contributed by atoms with van der Waals surface area (Å²) < 4.78 is 0. The molecule has 0 heterocycles. The largest absolute Gasteiger partial charge is 0.355 e. The van der Waals surface area contributed by atoms with E-state index < -0.39 is 0 Å². The van der Waals surface area contributed by atoms with Gasteiger partial charge >= 0.3 is 0 Å². The van der Waals surface area contributed by atoms with Gasteiger partial charge in [-0.15, -0.1) is 0 Å². The maximum absolute atomic E-state index is 3.67. The Balaban J connectivity index is 0.000000686. The Kier molecular flexibility index (Phi) is 7.53. The molecule has 1 aliphatic carbocycles. The second-order valence-electron chi connectivity index (χ2n) is 7.97. The highest BCUT2D eigenvalue weighted by atomic mass is 14.9. The molecule has 0 unspecified atom stereocenters. The van der Waals surface area contributed by atoms with Gasteiger partial charge in [0.2, 0.25) is 0 Å². The lowest BCUT2D eigenvalue weighted by Gasteiger charge is -2.22. The van der Waals surface area contributed by atoms with Gasteiger partial charge < -0.3 is 5.32 Å². The maximum atomic E-state index is 3.67. The zero-order valence-corrected chi connectivity index (χ0v) is 20.2. The first kappa shape index (κ1) is 23.3. The quantitative estimate of drug-likeness (QED) is 0.347. The summed E-state index contributed by atoms with van der Waals surface area (Å²) in [7, 11) is 0. The van der Waals surface area contributed by atoms with Crippen molar-refractivity contribution in [3.05, 3.63) is 108 Å². The predicted molar refractivity (Wildman–Crippen MR) is 142 cm³/mol. The van der Waals surface area contributed by atoms with Crippen molar-refractivity contribution in [2.24, 2.45) is 0 Å². The number of rotatable bonds is 3. The fourth-order valence-corrected chi connectivity index (χ4v) is 4.40. The van der Waals surface area contributed by atoms with Gasteiger partial charge in [0, 0.05) is 22.4 Å². The summed E-state index contributed by atoms with van der Waals surface area (Å²) in [6, 6.07) is 34.6. The van der Waals surface area contributed by atoms with Crippen molar-refractivity contribution in [3.63, 3.8) is 0 Å². The molecule has 0 aliphatic heterocycles. The SMILES string of the molecule is CC.CC.CC1(C)c2ccccc2-c2ccc(Nc3ccccc3-c3ccccc3)cc21. The molecular weight excluding hydrogens is 386 g/mol. The molecule has 0 aromatic heterocycles. The zero-order valence-electron chi connectivity index (χ0n) is 20.2. The fourth-order valence-electron chi connectivity index (χ4n) is 4.40. The molecule has 0 atom stereocenters. The van der Waals surface area contributed by atoms with Crippen LogP contribution in [0.1, 0.15) is 52.7 Å². The first-order valence-corrected chi connectivity index (χ1v) is 11.8. The molecule has 1 aliphatic rings. The van der Waals surface area contributed by atoms with E-state index in [-0.39, 0.29) is 5.41 Å². The molecule has 0 bridgehead atoms. The van der Waals surface area contributed by atoms with E-state index >= 15 is 0 Å². The minimum Gasteiger partial charge on any atom is -0.355 e. The van der Waals surface area contributed by atoms with Gasteiger partial charge in [-0.25, -0.2) is 0 Å². The van der Waals surface area contributed by atoms with Crippen LogP contribution in [-0.4, -0.2) is 0 Å². The van der Waals surface area contributed by atoms with E-state index in [0.717, 1.165) is 11.4 Å². The minimum absolute atomic E-state index is 0.0164. The van der Waals surface area contributed by atoms with Gasteiger partial charge in [-0.2, -0.15) is 0 Å². The average Bonchev–Trinajstić information content (AvgIpc) is 3.09. The molecule has 4 aromatic carbocycles. The summed E-state index contributed by atoms with van der Waals surface area (Å²) in [6.45, 7) is 12.6. The number of fused-ring (bicyclic) bond motifs is 3. The van der Waals surface area contributed by atoms with Gasteiger partial charge in [-0.05, 0) is 46.0 Å². The van der Waals surface area contributed by atoms with Crippen LogP contribution in [0.3, 0.4) is 0 Å². The van der Waals surface area contributed by atoms with Gasteiger partial charge in [0.1, 0.15) is 0 Å². The van der Waals surface area contributed by atoms with E-state index in [1.54, 1.807) is 0 Å². The van der Waals surface area contributed by atoms with E-state index in [9.17, 15) is 0 Å². The molecule has 0 spiro atoms. The third-order valence-electron chi connectivity index (χ3n) is 5.87. The Hall–Kier alpha value is -3.32. The highest BCUT2D eigenvalue weighted by molar-refractivity contribution is 5.85. The molecule has 0 saturated carbocycles. The summed E-state index contributed by atoms with van der Waals surface area (Å²) in [6.07, 6.45) is 0. The lowest BCUT2D eigenvalue weighted by molar-refractivity contribution is 0.660. The maximum Gasteiger partial charge on any atom is 0.0463 e. The van der Waals surface area contributed by atoms with Crippen LogP contribution in [0.25, 0.3) is 22.3 Å². The van der Waals surface area contributed by atoms with E-state index in [4.69, 9.17) is 0 Å². The van der Waals surface area contributed by atoms with E-state index in [1.807, 2.05) is 27.7 Å². The summed E-state index contributed by atoms with van der Waals surface area (Å²) in [4.78, 5) is 0. The molecule has 1 heteroatoms. The highest BCUT2D eigenvalue weighted by Crippen LogP contribution is 2.49. The first-order chi connectivity index (χ1) is 15.6. The molecule has 0 fully saturated rings. The highest BCUT2D eigenvalue weighted by Gasteiger charge is 2.35. The number of nitrogens with one attached hydrogen (secondary N) is 1. The lowest BCUT2D eigenvalue weighted by Crippen LogP contribution is -2.15. The lowest BCUT2D eigenvalue weighted by atomic mass is 9.82. The molecule has 164 valence electrons. The fraction of sp³-hybridized carbons (Fsp3) is 0.226. The summed E-state index contributed by atoms with van der Waals surface area (Å²) in [5.74, 6) is 0. The molecule has 0 radical (unpaired) electrons. The molecule has 1 nitrogen and oxygen atoms in total. The van der Waals surface area contributed by atoms with E-state index in [0.29, 0.717) is 0 Å². The Morgan fingerprint density at radius 3 is 1.81 bits per heavy atom. The molecule has 0 saturated heterocycles. The van der Waals surface area contributed by atoms with Crippen molar-refractivity contribution < 1.29 is 0 Å². The third-order valence-corrected chi connectivity index (χ3v) is 5.87. The van der Waals surface area contributed by atoms with Crippen LogP contribution in [0.2, 0.25) is 0 Å². The second-order valence-corrected chi connectivity index (χ2v) is 7.97. The van der Waals surface area contributed by atoms with Crippen LogP contribution in [0.4, 0.5) is 11.4 Å². The number of anilines is 2. The Bertz CT molecular complexity index is 1160. The number of hydrogen-bond acceptors (Lipinski definition) is 1. The van der Waals surface area contributed by atoms with Crippen molar-refractivity contribution in [1.82, 2.24) is 0 Å². The summed E-state index contributed by atoms with van der Waals surface area (Å²) in [5, 5.41) is 3.67. The number of benzene rings is 4. The van der Waals surface area contributed by atoms with Crippen molar-refractivity contribution in [2.75, 3.05) is 5.32 Å². The van der Waals surface area contributed by atoms with Gasteiger partial charge in [0.15, 0.2) is 0 Å². The van der Waals surface area contributed by atoms with Crippen molar-refractivity contribution >= 4 is 11.4 Å². The third kappa shape index (κ3) is 4.34. The van der Waals surface area contributed by atoms with Gasteiger partial charge in [-0.3, -0.25) is 0 Å². The van der Waals surface area contributed by atoms with Crippen molar-refractivity contribution in [2.45, 2.75) is 47.0 Å². The molecule has 1 N–H and O–H groups in total. The Morgan fingerprint density at radius 1 is 0.531 bits per heavy atom. The normalized spacial score (nSPS) is 12.3. The number of hydrogen-bond donors (Lipinski definition) is 1. The monoisotopic (exact) mass is 421 g/mol. The topological polar surface area (TPSA) is 12.0 Å². The van der Waals surface area contributed by atoms with Gasteiger partial charge in [0.05, 0.1) is 0 Å². The van der Waals surface area contributed by atoms with Crippen LogP contribution in [0.5, 0.6) is 0 Å². The van der Waals surface area contributed by atoms with Crippen LogP contribution in [0, 0.1) is 0 Å². The van der Waals surface area contributed by atoms with Crippen molar-refractivity contribution in [3.8, 4) is 22.3 Å². The summed E-state index contributed by atoms with van der Waals surface area (Å²) in [5.41, 5.74) is 10.2. The molecule has 32 heavy (non-hydrogen) atoms. The van der Waals surface area contributed by atoms with Gasteiger partial charge in [0.25, 0.3) is 0 Å². The molecule has 5 rings (SSSR count). The minimum atomic E-state index is 0.0164. The Morgan fingerprint density at radius 2 is 1.09 bits per heavy atom. The second kappa shape index (κ2) is 10.3. The van der Waals surface area contributed by atoms with Crippen LogP contribution >= 0.6 is 0 Å². The number of para-hydroxylation sites is 1. The predicted octanol–water partition coefficient (Wildman–Crippen LogP) is 9.46. The standard InChI is InChI=1S/C27H23N.2C2H6/c1-27(2)24-14-8-6-13-22(24)23-17-16-20(18-25(23)27)28-26-15-9-7-12-21(26)19-10-4-3-5-11-19;2*1-2/h3-18,28H,1-2H3;2*1-2H3. The average molecular weight is 422 g/mol. The van der Waals surface area contributed by atoms with Crippen LogP contribution < -0.4 is 5.32 Å². The van der Waals surface area contributed by atoms with Crippen LogP contribution in [-0.2, 0) is 5.41 Å². The zero-order chi connectivity index (χ0) is 23.1. The van der Waals surface area contributed by atoms with Crippen LogP contribution in [0.15, 0.2) is 97.1 Å². The van der Waals surface area contributed by atoms with E-state index in [1.165, 1.54) is 33.4 Å². The molecular formula is C31H35N. The Labute approximate surface area is 194 Å². The van der Waals surface area contributed by atoms with Crippen molar-refractivity contribution in [1.29, 1.82) is 0 Å². The van der Waals surface area contributed by atoms with Gasteiger partial charge in [-0.1, -0.05) is 120 Å². The summed E-state index contributed by atoms with van der Waals surface area (Å²) >= 11 is 0. The first-order valence-electron chi connectivity index (χ1n) is 11.8. The smallest absolute Gasteiger partial charge is 0.0463 e. The molecule has 4 aromatic rings. The van der Waals surface area contributed by atoms with E-state index in [2.05, 4.69) is 116 Å².